The number of sulfonamides is 1. The van der Waals surface area contributed by atoms with Crippen LogP contribution in [0, 0.1) is 5.92 Å². The minimum Gasteiger partial charge on any atom is -0.378 e. The Hall–Kier alpha value is -4.45. The Balaban J connectivity index is 1.38. The first-order valence-corrected chi connectivity index (χ1v) is 17.4. The molecule has 6 rings (SSSR count). The number of amides is 3. The highest BCUT2D eigenvalue weighted by atomic mass is 32.2. The van der Waals surface area contributed by atoms with E-state index in [1.54, 1.807) is 12.1 Å². The number of carbonyl (C=O) groups is 3. The second-order valence-electron chi connectivity index (χ2n) is 11.3. The van der Waals surface area contributed by atoms with Gasteiger partial charge in [-0.25, -0.2) is 18.5 Å². The van der Waals surface area contributed by atoms with Crippen molar-refractivity contribution in [1.29, 1.82) is 0 Å². The van der Waals surface area contributed by atoms with Crippen molar-refractivity contribution in [2.24, 2.45) is 11.1 Å². The number of halogens is 3. The Bertz CT molecular complexity index is 2110. The van der Waals surface area contributed by atoms with Crippen LogP contribution in [0.2, 0.25) is 0 Å². The zero-order valence-corrected chi connectivity index (χ0v) is 27.5. The lowest BCUT2D eigenvalue weighted by molar-refractivity contribution is -0.137. The molecule has 0 aliphatic carbocycles. The minimum atomic E-state index is -4.70. The number of hydrogen-bond acceptors (Lipinski definition) is 9. The fourth-order valence-electron chi connectivity index (χ4n) is 5.74. The molecule has 1 aromatic heterocycles. The highest BCUT2D eigenvalue weighted by Crippen LogP contribution is 2.54. The van der Waals surface area contributed by atoms with Gasteiger partial charge >= 0.3 is 11.0 Å². The molecule has 0 saturated carbocycles. The first-order valence-electron chi connectivity index (χ1n) is 14.2. The normalized spacial score (nSPS) is 19.2. The molecule has 3 heterocycles. The average molecular weight is 718 g/mol. The van der Waals surface area contributed by atoms with Gasteiger partial charge in [0.25, 0.3) is 0 Å². The number of aromatic nitrogens is 1. The van der Waals surface area contributed by atoms with Crippen molar-refractivity contribution in [3.8, 4) is 0 Å². The Morgan fingerprint density at radius 1 is 0.979 bits per heavy atom. The largest absolute Gasteiger partial charge is 0.416 e. The van der Waals surface area contributed by atoms with Crippen LogP contribution in [0.15, 0.2) is 87.5 Å². The molecule has 1 saturated heterocycles. The second-order valence-corrected chi connectivity index (χ2v) is 15.0. The van der Waals surface area contributed by atoms with E-state index in [4.69, 9.17) is 5.14 Å². The fourth-order valence-corrected chi connectivity index (χ4v) is 9.03. The van der Waals surface area contributed by atoms with Gasteiger partial charge in [-0.2, -0.15) is 13.2 Å². The minimum absolute atomic E-state index is 0.158. The second kappa shape index (κ2) is 12.2. The molecule has 4 aromatic rings. The van der Waals surface area contributed by atoms with Crippen LogP contribution in [-0.2, 0) is 37.1 Å². The third-order valence-electron chi connectivity index (χ3n) is 8.02. The summed E-state index contributed by atoms with van der Waals surface area (Å²) in [5.41, 5.74) is 0.461. The molecule has 250 valence electrons. The number of fused-ring (bicyclic) bond motifs is 2. The first kappa shape index (κ1) is 33.5. The molecule has 0 bridgehead atoms. The lowest BCUT2D eigenvalue weighted by Crippen LogP contribution is -2.33. The Morgan fingerprint density at radius 2 is 1.65 bits per heavy atom. The summed E-state index contributed by atoms with van der Waals surface area (Å²) in [6.45, 7) is -0.474. The number of carbonyl (C=O) groups excluding carboxylic acids is 3. The molecule has 0 spiro atoms. The number of nitrogens with zero attached hydrogens (tertiary/aromatic N) is 3. The van der Waals surface area contributed by atoms with Crippen molar-refractivity contribution in [3.63, 3.8) is 0 Å². The van der Waals surface area contributed by atoms with Gasteiger partial charge < -0.3 is 10.2 Å². The highest BCUT2D eigenvalue weighted by molar-refractivity contribution is 8.00. The highest BCUT2D eigenvalue weighted by Gasteiger charge is 2.57. The monoisotopic (exact) mass is 717 g/mol. The molecule has 0 radical (unpaired) electrons. The van der Waals surface area contributed by atoms with Gasteiger partial charge in [-0.1, -0.05) is 41.3 Å². The zero-order chi connectivity index (χ0) is 34.7. The number of thioether (sulfide) groups is 1. The van der Waals surface area contributed by atoms with Gasteiger partial charge in [-0.15, -0.1) is 0 Å². The van der Waals surface area contributed by atoms with E-state index in [1.807, 2.05) is 31.1 Å². The average Bonchev–Trinajstić information content (AvgIpc) is 3.46. The van der Waals surface area contributed by atoms with Gasteiger partial charge in [0, 0.05) is 36.3 Å². The molecule has 3 aromatic carbocycles. The Kier molecular flexibility index (Phi) is 8.51. The third-order valence-corrected chi connectivity index (χ3v) is 11.6. The topological polar surface area (TPSA) is 152 Å². The molecule has 3 N–H and O–H groups in total. The summed E-state index contributed by atoms with van der Waals surface area (Å²) in [6, 6.07) is 16.3. The van der Waals surface area contributed by atoms with Crippen LogP contribution in [0.4, 0.5) is 30.2 Å². The van der Waals surface area contributed by atoms with E-state index in [1.165, 1.54) is 34.9 Å². The molecule has 11 nitrogen and oxygen atoms in total. The van der Waals surface area contributed by atoms with Crippen molar-refractivity contribution in [1.82, 2.24) is 4.57 Å². The van der Waals surface area contributed by atoms with Crippen LogP contribution in [0.25, 0.3) is 0 Å². The quantitative estimate of drug-likeness (QED) is 0.272. The standard InChI is InChI=1S/C31H26F3N5O6S3/c1-37(2)19-10-6-16(7-11-19)23-24-25(28(42)39(27(24)41)20-5-3-4-17(14-20)31(32,33)34)46-29-26(23)47-30(43)38(29)15-22(40)36-18-8-12-21(13-9-18)48(35,44)45/h3-14,23-25H,15H2,1-2H3,(H,36,40)(H2,35,44,45). The van der Waals surface area contributed by atoms with Crippen LogP contribution >= 0.6 is 23.1 Å². The van der Waals surface area contributed by atoms with Crippen molar-refractivity contribution >= 4 is 67.9 Å². The smallest absolute Gasteiger partial charge is 0.378 e. The summed E-state index contributed by atoms with van der Waals surface area (Å²) in [4.78, 5) is 56.8. The van der Waals surface area contributed by atoms with Gasteiger partial charge in [-0.3, -0.25) is 23.7 Å². The number of imide groups is 1. The van der Waals surface area contributed by atoms with E-state index >= 15 is 0 Å². The van der Waals surface area contributed by atoms with Crippen LogP contribution in [0.5, 0.6) is 0 Å². The zero-order valence-electron chi connectivity index (χ0n) is 25.1. The number of nitrogens with two attached hydrogens (primary N) is 1. The van der Waals surface area contributed by atoms with E-state index < -0.39 is 68.0 Å². The maximum atomic E-state index is 14.1. The summed E-state index contributed by atoms with van der Waals surface area (Å²) in [7, 11) is -0.263. The van der Waals surface area contributed by atoms with Gasteiger partial charge in [0.1, 0.15) is 11.8 Å². The molecule has 1 fully saturated rings. The summed E-state index contributed by atoms with van der Waals surface area (Å²) < 4.78 is 65.0. The van der Waals surface area contributed by atoms with E-state index in [9.17, 15) is 40.8 Å². The molecule has 3 amide bonds. The molecule has 48 heavy (non-hydrogen) atoms. The number of benzene rings is 3. The predicted molar refractivity (Wildman–Crippen MR) is 175 cm³/mol. The molecule has 3 atom stereocenters. The molecular formula is C31H26F3N5O6S3. The maximum absolute atomic E-state index is 14.1. The summed E-state index contributed by atoms with van der Waals surface area (Å²) in [6.07, 6.45) is -4.70. The van der Waals surface area contributed by atoms with Gasteiger partial charge in [0.05, 0.1) is 27.1 Å². The number of thiazole rings is 1. The number of rotatable bonds is 7. The number of primary sulfonamides is 1. The summed E-state index contributed by atoms with van der Waals surface area (Å²) >= 11 is 1.75. The van der Waals surface area contributed by atoms with Crippen LogP contribution < -0.4 is 25.1 Å². The molecule has 17 heteroatoms. The van der Waals surface area contributed by atoms with Crippen molar-refractivity contribution < 1.29 is 36.0 Å². The van der Waals surface area contributed by atoms with E-state index in [-0.39, 0.29) is 16.3 Å². The van der Waals surface area contributed by atoms with E-state index in [0.717, 1.165) is 51.9 Å². The van der Waals surface area contributed by atoms with Crippen LogP contribution in [-0.4, -0.2) is 50.1 Å². The molecule has 2 aliphatic rings. The maximum Gasteiger partial charge on any atom is 0.416 e. The fraction of sp³-hybridized carbons (Fsp3) is 0.226. The van der Waals surface area contributed by atoms with E-state index in [0.29, 0.717) is 15.5 Å². The van der Waals surface area contributed by atoms with Crippen molar-refractivity contribution in [2.45, 2.75) is 33.8 Å². The van der Waals surface area contributed by atoms with Gasteiger partial charge in [0.2, 0.25) is 27.7 Å². The Morgan fingerprint density at radius 3 is 2.25 bits per heavy atom. The van der Waals surface area contributed by atoms with Crippen molar-refractivity contribution in [2.75, 3.05) is 29.2 Å². The summed E-state index contributed by atoms with van der Waals surface area (Å²) in [5, 5.41) is 6.91. The number of nitrogens with one attached hydrogen (secondary N) is 1. The molecular weight excluding hydrogens is 692 g/mol. The molecule has 3 unspecified atom stereocenters. The number of hydrogen-bond donors (Lipinski definition) is 2. The number of alkyl halides is 3. The first-order chi connectivity index (χ1) is 22.5. The van der Waals surface area contributed by atoms with E-state index in [2.05, 4.69) is 5.32 Å². The SMILES string of the molecule is CN(C)c1ccc(C2c3sc(=O)n(CC(=O)Nc4ccc(S(N)(=O)=O)cc4)c3SC3C(=O)N(c4cccc(C(F)(F)F)c4)C(=O)C32)cc1. The molecule has 2 aliphatic heterocycles. The lowest BCUT2D eigenvalue weighted by Gasteiger charge is -2.31. The van der Waals surface area contributed by atoms with Crippen LogP contribution in [0.3, 0.4) is 0 Å². The number of anilines is 3. The predicted octanol–water partition coefficient (Wildman–Crippen LogP) is 4.08. The third kappa shape index (κ3) is 6.13. The van der Waals surface area contributed by atoms with Crippen LogP contribution in [0.1, 0.15) is 21.9 Å². The van der Waals surface area contributed by atoms with Gasteiger partial charge in [0.15, 0.2) is 0 Å². The Labute approximate surface area is 280 Å². The van der Waals surface area contributed by atoms with Crippen molar-refractivity contribution in [3.05, 3.63) is 98.5 Å². The van der Waals surface area contributed by atoms with Gasteiger partial charge in [-0.05, 0) is 60.2 Å². The summed E-state index contributed by atoms with van der Waals surface area (Å²) in [5.74, 6) is -3.93. The lowest BCUT2D eigenvalue weighted by atomic mass is 9.83.